The van der Waals surface area contributed by atoms with E-state index in [-0.39, 0.29) is 19.1 Å². The normalized spacial score (nSPS) is 14.2. The predicted octanol–water partition coefficient (Wildman–Crippen LogP) is -0.439. The fourth-order valence-corrected chi connectivity index (χ4v) is 2.20. The summed E-state index contributed by atoms with van der Waals surface area (Å²) in [7, 11) is -3.21. The number of hydrogen-bond acceptors (Lipinski definition) is 6. The molecule has 1 aromatic carbocycles. The molecule has 0 bridgehead atoms. The monoisotopic (exact) mass is 300 g/mol. The molecule has 0 unspecified atom stereocenters. The van der Waals surface area contributed by atoms with Gasteiger partial charge in [0.1, 0.15) is 5.75 Å². The van der Waals surface area contributed by atoms with Gasteiger partial charge in [-0.2, -0.15) is 0 Å². The van der Waals surface area contributed by atoms with Crippen LogP contribution in [0.4, 0.5) is 17.1 Å². The largest absolute Gasteiger partial charge is 0.482 e. The average Bonchev–Trinajstić information content (AvgIpc) is 2.34. The van der Waals surface area contributed by atoms with E-state index in [1.165, 1.54) is 0 Å². The van der Waals surface area contributed by atoms with Gasteiger partial charge in [0.05, 0.1) is 23.3 Å². The molecule has 0 spiro atoms. The van der Waals surface area contributed by atoms with E-state index in [1.54, 1.807) is 12.1 Å². The topological polar surface area (TPSA) is 123 Å². The van der Waals surface area contributed by atoms with Crippen LogP contribution in [0, 0.1) is 0 Å². The van der Waals surface area contributed by atoms with Gasteiger partial charge in [0.25, 0.3) is 5.91 Å². The Morgan fingerprint density at radius 1 is 1.40 bits per heavy atom. The number of ether oxygens (including phenoxy) is 1. The Balaban J connectivity index is 2.01. The van der Waals surface area contributed by atoms with Crippen molar-refractivity contribution in [3.8, 4) is 5.75 Å². The summed E-state index contributed by atoms with van der Waals surface area (Å²) in [5.74, 6) is 0.286. The van der Waals surface area contributed by atoms with Crippen molar-refractivity contribution in [3.63, 3.8) is 0 Å². The molecular weight excluding hydrogens is 284 g/mol. The first-order valence-electron chi connectivity index (χ1n) is 5.90. The van der Waals surface area contributed by atoms with Crippen LogP contribution in [-0.2, 0) is 14.8 Å². The lowest BCUT2D eigenvalue weighted by Gasteiger charge is -2.20. The van der Waals surface area contributed by atoms with E-state index in [2.05, 4.69) is 15.4 Å². The molecule has 0 aliphatic carbocycles. The number of carbonyl (C=O) groups excluding carboxylic acids is 1. The molecule has 0 radical (unpaired) electrons. The Hall–Kier alpha value is -2.00. The summed E-state index contributed by atoms with van der Waals surface area (Å²) in [6, 6.07) is 3.27. The van der Waals surface area contributed by atoms with Crippen molar-refractivity contribution in [3.05, 3.63) is 12.1 Å². The van der Waals surface area contributed by atoms with Crippen LogP contribution < -0.4 is 25.8 Å². The van der Waals surface area contributed by atoms with Crippen LogP contribution in [-0.4, -0.2) is 40.3 Å². The van der Waals surface area contributed by atoms with Gasteiger partial charge in [0, 0.05) is 19.2 Å². The maximum Gasteiger partial charge on any atom is 0.262 e. The zero-order chi connectivity index (χ0) is 14.8. The molecule has 0 fully saturated rings. The summed E-state index contributed by atoms with van der Waals surface area (Å²) in [5, 5.41) is 5.66. The lowest BCUT2D eigenvalue weighted by atomic mass is 10.2. The minimum Gasteiger partial charge on any atom is -0.482 e. The summed E-state index contributed by atoms with van der Waals surface area (Å²) < 4.78 is 29.4. The molecule has 5 N–H and O–H groups in total. The number of nitrogens with one attached hydrogen (secondary N) is 3. The van der Waals surface area contributed by atoms with E-state index >= 15 is 0 Å². The number of nitrogens with two attached hydrogens (primary N) is 1. The van der Waals surface area contributed by atoms with Crippen molar-refractivity contribution in [1.82, 2.24) is 4.72 Å². The summed E-state index contributed by atoms with van der Waals surface area (Å²) in [6.45, 7) is 0.570. The predicted molar refractivity (Wildman–Crippen MR) is 76.3 cm³/mol. The molecule has 0 atom stereocenters. The second kappa shape index (κ2) is 5.55. The molecule has 20 heavy (non-hydrogen) atoms. The number of nitrogen functional groups attached to an aromatic ring is 1. The first-order chi connectivity index (χ1) is 9.35. The van der Waals surface area contributed by atoms with Crippen LogP contribution >= 0.6 is 0 Å². The highest BCUT2D eigenvalue weighted by Gasteiger charge is 2.17. The number of rotatable bonds is 5. The highest BCUT2D eigenvalue weighted by atomic mass is 32.2. The number of benzene rings is 1. The molecule has 1 heterocycles. The first-order valence-corrected chi connectivity index (χ1v) is 7.79. The Labute approximate surface area is 116 Å². The van der Waals surface area contributed by atoms with Crippen molar-refractivity contribution >= 4 is 33.0 Å². The molecule has 1 aliphatic heterocycles. The number of sulfonamides is 1. The minimum absolute atomic E-state index is 0.0303. The Morgan fingerprint density at radius 2 is 2.15 bits per heavy atom. The van der Waals surface area contributed by atoms with Crippen molar-refractivity contribution in [1.29, 1.82) is 0 Å². The van der Waals surface area contributed by atoms with Gasteiger partial charge in [-0.3, -0.25) is 4.79 Å². The molecule has 1 amide bonds. The van der Waals surface area contributed by atoms with Crippen molar-refractivity contribution in [2.24, 2.45) is 0 Å². The molecule has 0 saturated heterocycles. The summed E-state index contributed by atoms with van der Waals surface area (Å²) >= 11 is 0. The van der Waals surface area contributed by atoms with E-state index in [1.807, 2.05) is 0 Å². The van der Waals surface area contributed by atoms with E-state index in [0.29, 0.717) is 29.4 Å². The van der Waals surface area contributed by atoms with Crippen LogP contribution in [0.3, 0.4) is 0 Å². The highest BCUT2D eigenvalue weighted by Crippen LogP contribution is 2.34. The zero-order valence-corrected chi connectivity index (χ0v) is 11.7. The summed E-state index contributed by atoms with van der Waals surface area (Å²) in [5.41, 5.74) is 7.45. The van der Waals surface area contributed by atoms with Crippen LogP contribution in [0.1, 0.15) is 0 Å². The van der Waals surface area contributed by atoms with E-state index in [4.69, 9.17) is 10.5 Å². The number of fused-ring (bicyclic) bond motifs is 1. The van der Waals surface area contributed by atoms with Gasteiger partial charge in [0.15, 0.2) is 6.61 Å². The average molecular weight is 300 g/mol. The SMILES string of the molecule is CS(=O)(=O)NCCNc1cc2c(cc1N)OCC(=O)N2. The molecular formula is C11H16N4O4S. The maximum absolute atomic E-state index is 11.2. The lowest BCUT2D eigenvalue weighted by molar-refractivity contribution is -0.118. The third kappa shape index (κ3) is 3.75. The fraction of sp³-hybridized carbons (Fsp3) is 0.364. The fourth-order valence-electron chi connectivity index (χ4n) is 1.73. The molecule has 9 heteroatoms. The summed E-state index contributed by atoms with van der Waals surface area (Å²) in [4.78, 5) is 11.2. The van der Waals surface area contributed by atoms with Crippen LogP contribution in [0.2, 0.25) is 0 Å². The van der Waals surface area contributed by atoms with Gasteiger partial charge in [-0.05, 0) is 6.07 Å². The van der Waals surface area contributed by atoms with Crippen molar-refractivity contribution < 1.29 is 17.9 Å². The molecule has 0 saturated carbocycles. The second-order valence-electron chi connectivity index (χ2n) is 4.37. The Morgan fingerprint density at radius 3 is 2.85 bits per heavy atom. The number of anilines is 3. The van der Waals surface area contributed by atoms with Gasteiger partial charge in [0.2, 0.25) is 10.0 Å². The van der Waals surface area contributed by atoms with E-state index in [9.17, 15) is 13.2 Å². The highest BCUT2D eigenvalue weighted by molar-refractivity contribution is 7.88. The van der Waals surface area contributed by atoms with Crippen LogP contribution in [0.5, 0.6) is 5.75 Å². The van der Waals surface area contributed by atoms with Gasteiger partial charge < -0.3 is 21.1 Å². The number of carbonyl (C=O) groups is 1. The quantitative estimate of drug-likeness (QED) is 0.432. The van der Waals surface area contributed by atoms with Crippen molar-refractivity contribution in [2.45, 2.75) is 0 Å². The maximum atomic E-state index is 11.2. The Bertz CT molecular complexity index is 630. The molecule has 1 aromatic rings. The van der Waals surface area contributed by atoms with Crippen LogP contribution in [0.25, 0.3) is 0 Å². The standard InChI is InChI=1S/C11H16N4O4S/c1-20(17,18)14-3-2-13-8-5-9-10(4-7(8)12)19-6-11(16)15-9/h4-5,13-14H,2-3,6,12H2,1H3,(H,15,16). The van der Waals surface area contributed by atoms with Gasteiger partial charge in [-0.1, -0.05) is 0 Å². The second-order valence-corrected chi connectivity index (χ2v) is 6.20. The molecule has 0 aromatic heterocycles. The van der Waals surface area contributed by atoms with Crippen LogP contribution in [0.15, 0.2) is 12.1 Å². The Kier molecular flexibility index (Phi) is 4.00. The first kappa shape index (κ1) is 14.4. The third-order valence-corrected chi connectivity index (χ3v) is 3.32. The molecule has 2 rings (SSSR count). The van der Waals surface area contributed by atoms with E-state index in [0.717, 1.165) is 6.26 Å². The molecule has 8 nitrogen and oxygen atoms in total. The third-order valence-electron chi connectivity index (χ3n) is 2.59. The minimum atomic E-state index is -3.21. The summed E-state index contributed by atoms with van der Waals surface area (Å²) in [6.07, 6.45) is 1.09. The van der Waals surface area contributed by atoms with Gasteiger partial charge in [-0.15, -0.1) is 0 Å². The number of hydrogen-bond donors (Lipinski definition) is 4. The van der Waals surface area contributed by atoms with E-state index < -0.39 is 10.0 Å². The molecule has 110 valence electrons. The molecule has 1 aliphatic rings. The number of amides is 1. The van der Waals surface area contributed by atoms with Crippen molar-refractivity contribution in [2.75, 3.05) is 42.3 Å². The van der Waals surface area contributed by atoms with Gasteiger partial charge >= 0.3 is 0 Å². The van der Waals surface area contributed by atoms with Gasteiger partial charge in [-0.25, -0.2) is 13.1 Å². The lowest BCUT2D eigenvalue weighted by Crippen LogP contribution is -2.28. The zero-order valence-electron chi connectivity index (χ0n) is 10.9. The smallest absolute Gasteiger partial charge is 0.262 e.